The first-order valence-corrected chi connectivity index (χ1v) is 8.13. The van der Waals surface area contributed by atoms with Crippen molar-refractivity contribution in [1.82, 2.24) is 4.98 Å². The summed E-state index contributed by atoms with van der Waals surface area (Å²) in [4.78, 5) is 4.53. The number of aromatic nitrogens is 1. The molecule has 0 saturated heterocycles. The highest BCUT2D eigenvalue weighted by atomic mass is 79.9. The Kier molecular flexibility index (Phi) is 3.36. The molecular weight excluding hydrogens is 358 g/mol. The average Bonchev–Trinajstić information content (AvgIpc) is 2.57. The van der Waals surface area contributed by atoms with Crippen molar-refractivity contribution in [3.05, 3.63) is 76.4 Å². The molecule has 1 nitrogen and oxygen atoms in total. The van der Waals surface area contributed by atoms with Gasteiger partial charge in [-0.05, 0) is 49.6 Å². The van der Waals surface area contributed by atoms with Crippen LogP contribution in [-0.4, -0.2) is 4.98 Å². The van der Waals surface area contributed by atoms with Gasteiger partial charge in [0.15, 0.2) is 0 Å². The fourth-order valence-corrected chi connectivity index (χ4v) is 3.68. The van der Waals surface area contributed by atoms with Crippen LogP contribution >= 0.6 is 27.5 Å². The van der Waals surface area contributed by atoms with Crippen LogP contribution in [0.4, 0.5) is 0 Å². The maximum atomic E-state index is 5.99. The van der Waals surface area contributed by atoms with Crippen molar-refractivity contribution in [2.45, 2.75) is 0 Å². The molecule has 0 spiro atoms. The molecule has 3 heteroatoms. The molecule has 1 heterocycles. The number of rotatable bonds is 1. The summed E-state index contributed by atoms with van der Waals surface area (Å²) in [6.07, 6.45) is 1.70. The van der Waals surface area contributed by atoms with Crippen LogP contribution in [0.3, 0.4) is 0 Å². The molecule has 0 atom stereocenters. The zero-order valence-corrected chi connectivity index (χ0v) is 13.9. The largest absolute Gasteiger partial charge is 0.255 e. The number of pyridine rings is 1. The molecule has 0 aliphatic rings. The molecular formula is C19H11BrClN. The Morgan fingerprint density at radius 1 is 0.727 bits per heavy atom. The second kappa shape index (κ2) is 5.38. The maximum Gasteiger partial charge on any atom is 0.0715 e. The number of nitrogens with zero attached hydrogens (tertiary/aromatic N) is 1. The van der Waals surface area contributed by atoms with Crippen LogP contribution < -0.4 is 0 Å². The van der Waals surface area contributed by atoms with E-state index in [2.05, 4.69) is 69.4 Å². The lowest BCUT2D eigenvalue weighted by atomic mass is 9.94. The monoisotopic (exact) mass is 367 g/mol. The fourth-order valence-electron chi connectivity index (χ4n) is 2.87. The molecule has 3 aromatic carbocycles. The summed E-state index contributed by atoms with van der Waals surface area (Å²) in [6, 6.07) is 20.6. The highest BCUT2D eigenvalue weighted by Crippen LogP contribution is 2.40. The third-order valence-electron chi connectivity index (χ3n) is 3.85. The number of fused-ring (bicyclic) bond motifs is 2. The van der Waals surface area contributed by atoms with Crippen LogP contribution in [0.5, 0.6) is 0 Å². The highest BCUT2D eigenvalue weighted by Gasteiger charge is 2.14. The molecule has 1 aromatic heterocycles. The lowest BCUT2D eigenvalue weighted by Crippen LogP contribution is -1.89. The van der Waals surface area contributed by atoms with Crippen molar-refractivity contribution in [1.29, 1.82) is 0 Å². The van der Waals surface area contributed by atoms with E-state index >= 15 is 0 Å². The Hall–Kier alpha value is -1.90. The molecule has 4 aromatic rings. The second-order valence-electron chi connectivity index (χ2n) is 5.14. The van der Waals surface area contributed by atoms with E-state index in [0.717, 1.165) is 15.7 Å². The minimum absolute atomic E-state index is 0.648. The van der Waals surface area contributed by atoms with E-state index in [9.17, 15) is 0 Å². The summed E-state index contributed by atoms with van der Waals surface area (Å²) in [7, 11) is 0. The molecule has 0 amide bonds. The first-order chi connectivity index (χ1) is 10.8. The van der Waals surface area contributed by atoms with Gasteiger partial charge in [-0.15, -0.1) is 0 Å². The first kappa shape index (κ1) is 13.7. The highest BCUT2D eigenvalue weighted by molar-refractivity contribution is 9.10. The van der Waals surface area contributed by atoms with E-state index in [1.165, 1.54) is 21.5 Å². The number of hydrogen-bond acceptors (Lipinski definition) is 1. The van der Waals surface area contributed by atoms with Gasteiger partial charge in [0.1, 0.15) is 0 Å². The van der Waals surface area contributed by atoms with Crippen molar-refractivity contribution >= 4 is 49.1 Å². The molecule has 22 heavy (non-hydrogen) atoms. The summed E-state index contributed by atoms with van der Waals surface area (Å²) in [5, 5.41) is 5.39. The maximum absolute atomic E-state index is 5.99. The summed E-state index contributed by atoms with van der Waals surface area (Å²) in [6.45, 7) is 0. The van der Waals surface area contributed by atoms with Crippen LogP contribution in [0.1, 0.15) is 0 Å². The number of hydrogen-bond donors (Lipinski definition) is 0. The predicted octanol–water partition coefficient (Wildman–Crippen LogP) is 6.47. The molecule has 0 aliphatic heterocycles. The van der Waals surface area contributed by atoms with E-state index in [1.54, 1.807) is 6.20 Å². The van der Waals surface area contributed by atoms with Crippen LogP contribution in [0.2, 0.25) is 5.02 Å². The van der Waals surface area contributed by atoms with E-state index in [4.69, 9.17) is 11.6 Å². The minimum atomic E-state index is 0.648. The molecule has 0 bridgehead atoms. The SMILES string of the molecule is Clc1ccc(-c2c3ccccc3c(Br)c3ccccc23)nc1. The van der Waals surface area contributed by atoms with Crippen LogP contribution in [0.25, 0.3) is 32.8 Å². The molecule has 0 N–H and O–H groups in total. The molecule has 4 rings (SSSR count). The zero-order valence-electron chi connectivity index (χ0n) is 11.6. The topological polar surface area (TPSA) is 12.9 Å². The van der Waals surface area contributed by atoms with Crippen molar-refractivity contribution in [3.63, 3.8) is 0 Å². The van der Waals surface area contributed by atoms with Gasteiger partial charge >= 0.3 is 0 Å². The van der Waals surface area contributed by atoms with Crippen LogP contribution in [0.15, 0.2) is 71.3 Å². The molecule has 0 radical (unpaired) electrons. The lowest BCUT2D eigenvalue weighted by molar-refractivity contribution is 1.34. The number of benzene rings is 3. The van der Waals surface area contributed by atoms with Crippen LogP contribution in [-0.2, 0) is 0 Å². The van der Waals surface area contributed by atoms with Crippen molar-refractivity contribution in [2.75, 3.05) is 0 Å². The summed E-state index contributed by atoms with van der Waals surface area (Å²) in [5.41, 5.74) is 2.08. The molecule has 106 valence electrons. The molecule has 0 saturated carbocycles. The second-order valence-corrected chi connectivity index (χ2v) is 6.37. The Labute approximate surface area is 141 Å². The Morgan fingerprint density at radius 3 is 1.77 bits per heavy atom. The summed E-state index contributed by atoms with van der Waals surface area (Å²) >= 11 is 9.75. The zero-order chi connectivity index (χ0) is 15.1. The van der Waals surface area contributed by atoms with Gasteiger partial charge < -0.3 is 0 Å². The van der Waals surface area contributed by atoms with Gasteiger partial charge in [-0.1, -0.05) is 60.1 Å². The Bertz CT molecular complexity index is 936. The average molecular weight is 369 g/mol. The normalized spacial score (nSPS) is 11.2. The van der Waals surface area contributed by atoms with Gasteiger partial charge in [0.05, 0.1) is 10.7 Å². The molecule has 0 unspecified atom stereocenters. The van der Waals surface area contributed by atoms with Crippen molar-refractivity contribution < 1.29 is 0 Å². The lowest BCUT2D eigenvalue weighted by Gasteiger charge is -2.13. The third kappa shape index (κ3) is 2.11. The first-order valence-electron chi connectivity index (χ1n) is 6.96. The summed E-state index contributed by atoms with van der Waals surface area (Å²) in [5.74, 6) is 0. The van der Waals surface area contributed by atoms with Gasteiger partial charge in [0.25, 0.3) is 0 Å². The van der Waals surface area contributed by atoms with Gasteiger partial charge in [-0.2, -0.15) is 0 Å². The van der Waals surface area contributed by atoms with Gasteiger partial charge in [0, 0.05) is 16.2 Å². The standard InChI is InChI=1S/C19H11BrClN/c20-19-15-7-3-1-5-13(15)18(14-6-2-4-8-16(14)19)17-10-9-12(21)11-22-17/h1-11H. The quantitative estimate of drug-likeness (QED) is 0.351. The van der Waals surface area contributed by atoms with Gasteiger partial charge in [0.2, 0.25) is 0 Å². The van der Waals surface area contributed by atoms with E-state index in [-0.39, 0.29) is 0 Å². The van der Waals surface area contributed by atoms with Crippen LogP contribution in [0, 0.1) is 0 Å². The number of halogens is 2. The fraction of sp³-hybridized carbons (Fsp3) is 0. The third-order valence-corrected chi connectivity index (χ3v) is 4.93. The van der Waals surface area contributed by atoms with Gasteiger partial charge in [-0.3, -0.25) is 4.98 Å². The van der Waals surface area contributed by atoms with E-state index in [1.807, 2.05) is 12.1 Å². The van der Waals surface area contributed by atoms with E-state index < -0.39 is 0 Å². The molecule has 0 fully saturated rings. The molecule has 0 aliphatic carbocycles. The van der Waals surface area contributed by atoms with Gasteiger partial charge in [-0.25, -0.2) is 0 Å². The Balaban J connectivity index is 2.23. The predicted molar refractivity (Wildman–Crippen MR) is 97.4 cm³/mol. The van der Waals surface area contributed by atoms with E-state index in [0.29, 0.717) is 5.02 Å². The summed E-state index contributed by atoms with van der Waals surface area (Å²) < 4.78 is 1.12. The smallest absolute Gasteiger partial charge is 0.0715 e. The van der Waals surface area contributed by atoms with Crippen molar-refractivity contribution in [2.24, 2.45) is 0 Å². The minimum Gasteiger partial charge on any atom is -0.255 e. The van der Waals surface area contributed by atoms with Crippen molar-refractivity contribution in [3.8, 4) is 11.3 Å². The Morgan fingerprint density at radius 2 is 1.27 bits per heavy atom.